The van der Waals surface area contributed by atoms with Gasteiger partial charge in [-0.05, 0) is 12.1 Å². The van der Waals surface area contributed by atoms with Crippen LogP contribution in [0.15, 0.2) is 18.2 Å². The van der Waals surface area contributed by atoms with Gasteiger partial charge >= 0.3 is 5.97 Å². The first-order valence-corrected chi connectivity index (χ1v) is 4.99. The lowest BCUT2D eigenvalue weighted by Gasteiger charge is -2.11. The number of carboxylic acids is 1. The Morgan fingerprint density at radius 3 is 2.59 bits per heavy atom. The summed E-state index contributed by atoms with van der Waals surface area (Å²) in [5.41, 5.74) is 0.355. The maximum atomic E-state index is 11.6. The predicted molar refractivity (Wildman–Crippen MR) is 58.4 cm³/mol. The number of hydrogen-bond acceptors (Lipinski definition) is 4. The van der Waals surface area contributed by atoms with E-state index in [2.05, 4.69) is 0 Å². The largest absolute Gasteiger partial charge is 0.479 e. The number of aliphatic carboxylic acids is 1. The zero-order valence-corrected chi connectivity index (χ0v) is 9.17. The summed E-state index contributed by atoms with van der Waals surface area (Å²) in [7, 11) is 0. The number of hydrogen-bond donors (Lipinski definition) is 2. The quantitative estimate of drug-likeness (QED) is 0.763. The van der Waals surface area contributed by atoms with Crippen molar-refractivity contribution in [1.29, 1.82) is 5.26 Å². The number of nitriles is 1. The smallest absolute Gasteiger partial charge is 0.337 e. The Hall–Kier alpha value is -2.19. The lowest BCUT2D eigenvalue weighted by Crippen LogP contribution is -2.15. The Morgan fingerprint density at radius 1 is 1.47 bits per heavy atom. The normalized spacial score (nSPS) is 11.6. The molecule has 0 aliphatic heterocycles. The third-order valence-electron chi connectivity index (χ3n) is 2.33. The molecule has 5 nitrogen and oxygen atoms in total. The fraction of sp³-hybridized carbons (Fsp3) is 0.250. The monoisotopic (exact) mass is 233 g/mol. The van der Waals surface area contributed by atoms with E-state index in [-0.39, 0.29) is 28.9 Å². The van der Waals surface area contributed by atoms with Crippen LogP contribution in [0.2, 0.25) is 0 Å². The van der Waals surface area contributed by atoms with Crippen LogP contribution in [0.25, 0.3) is 0 Å². The van der Waals surface area contributed by atoms with Gasteiger partial charge in [0, 0.05) is 17.5 Å². The van der Waals surface area contributed by atoms with Gasteiger partial charge in [0.2, 0.25) is 0 Å². The highest BCUT2D eigenvalue weighted by atomic mass is 16.4. The molecule has 1 unspecified atom stereocenters. The third kappa shape index (κ3) is 2.68. The van der Waals surface area contributed by atoms with Crippen molar-refractivity contribution in [3.8, 4) is 6.07 Å². The number of rotatable bonds is 4. The van der Waals surface area contributed by atoms with Crippen molar-refractivity contribution in [1.82, 2.24) is 0 Å². The molecule has 5 heteroatoms. The molecular weight excluding hydrogens is 222 g/mol. The Labute approximate surface area is 97.9 Å². The minimum Gasteiger partial charge on any atom is -0.479 e. The first-order chi connectivity index (χ1) is 8.01. The number of carboxylic acid groups (broad SMARTS) is 1. The number of aliphatic hydroxyl groups excluding tert-OH is 1. The minimum atomic E-state index is -1.76. The second-order valence-corrected chi connectivity index (χ2v) is 3.43. The van der Waals surface area contributed by atoms with Gasteiger partial charge in [-0.25, -0.2) is 4.79 Å². The zero-order chi connectivity index (χ0) is 13.0. The molecule has 0 saturated carbocycles. The number of aliphatic hydroxyl groups is 1. The SMILES string of the molecule is CCC(=O)c1cc(C#N)ccc1C(O)C(=O)O. The summed E-state index contributed by atoms with van der Waals surface area (Å²) in [6, 6.07) is 5.82. The van der Waals surface area contributed by atoms with Gasteiger partial charge in [-0.1, -0.05) is 13.0 Å². The van der Waals surface area contributed by atoms with E-state index in [0.29, 0.717) is 0 Å². The summed E-state index contributed by atoms with van der Waals surface area (Å²) >= 11 is 0. The van der Waals surface area contributed by atoms with Crippen LogP contribution >= 0.6 is 0 Å². The molecule has 1 atom stereocenters. The minimum absolute atomic E-state index is 0.0170. The van der Waals surface area contributed by atoms with E-state index in [1.807, 2.05) is 6.07 Å². The highest BCUT2D eigenvalue weighted by Crippen LogP contribution is 2.21. The third-order valence-corrected chi connectivity index (χ3v) is 2.33. The van der Waals surface area contributed by atoms with Gasteiger partial charge in [0.1, 0.15) is 0 Å². The zero-order valence-electron chi connectivity index (χ0n) is 9.17. The number of carbonyl (C=O) groups excluding carboxylic acids is 1. The maximum Gasteiger partial charge on any atom is 0.337 e. The molecule has 0 aromatic heterocycles. The van der Waals surface area contributed by atoms with Crippen molar-refractivity contribution in [2.24, 2.45) is 0 Å². The highest BCUT2D eigenvalue weighted by Gasteiger charge is 2.22. The first kappa shape index (κ1) is 12.9. The first-order valence-electron chi connectivity index (χ1n) is 4.99. The van der Waals surface area contributed by atoms with Crippen LogP contribution in [0.5, 0.6) is 0 Å². The molecule has 2 N–H and O–H groups in total. The number of nitrogens with zero attached hydrogens (tertiary/aromatic N) is 1. The van der Waals surface area contributed by atoms with E-state index in [4.69, 9.17) is 10.4 Å². The molecule has 1 aromatic carbocycles. The van der Waals surface area contributed by atoms with Crippen molar-refractivity contribution in [2.45, 2.75) is 19.4 Å². The summed E-state index contributed by atoms with van der Waals surface area (Å²) in [4.78, 5) is 22.3. The van der Waals surface area contributed by atoms with Gasteiger partial charge in [-0.2, -0.15) is 5.26 Å². The Kier molecular flexibility index (Phi) is 3.96. The lowest BCUT2D eigenvalue weighted by atomic mass is 9.96. The van der Waals surface area contributed by atoms with Crippen LogP contribution in [-0.4, -0.2) is 22.0 Å². The molecule has 1 rings (SSSR count). The molecule has 0 heterocycles. The molecule has 0 aliphatic rings. The van der Waals surface area contributed by atoms with Crippen LogP contribution in [0.3, 0.4) is 0 Å². The molecular formula is C12H11NO4. The van der Waals surface area contributed by atoms with Crippen LogP contribution in [0.1, 0.15) is 40.9 Å². The van der Waals surface area contributed by atoms with Crippen molar-refractivity contribution < 1.29 is 19.8 Å². The molecule has 0 bridgehead atoms. The molecule has 0 aliphatic carbocycles. The van der Waals surface area contributed by atoms with Crippen molar-refractivity contribution in [3.63, 3.8) is 0 Å². The van der Waals surface area contributed by atoms with E-state index >= 15 is 0 Å². The van der Waals surface area contributed by atoms with Crippen LogP contribution in [0, 0.1) is 11.3 Å². The second kappa shape index (κ2) is 5.23. The van der Waals surface area contributed by atoms with Gasteiger partial charge < -0.3 is 10.2 Å². The Bertz CT molecular complexity index is 502. The summed E-state index contributed by atoms with van der Waals surface area (Å²) in [6.07, 6.45) is -1.58. The van der Waals surface area contributed by atoms with E-state index in [1.165, 1.54) is 18.2 Å². The maximum absolute atomic E-state index is 11.6. The number of Topliss-reactive ketones (excluding diaryl/α,β-unsaturated/α-hetero) is 1. The van der Waals surface area contributed by atoms with Crippen molar-refractivity contribution >= 4 is 11.8 Å². The average Bonchev–Trinajstić information content (AvgIpc) is 2.35. The fourth-order valence-electron chi connectivity index (χ4n) is 1.43. The molecule has 0 amide bonds. The fourth-order valence-corrected chi connectivity index (χ4v) is 1.43. The molecule has 0 radical (unpaired) electrons. The summed E-state index contributed by atoms with van der Waals surface area (Å²) in [5.74, 6) is -1.74. The molecule has 0 saturated heterocycles. The topological polar surface area (TPSA) is 98.4 Å². The summed E-state index contributed by atoms with van der Waals surface area (Å²) < 4.78 is 0. The second-order valence-electron chi connectivity index (χ2n) is 3.43. The van der Waals surface area contributed by atoms with Gasteiger partial charge in [0.05, 0.1) is 11.6 Å². The lowest BCUT2D eigenvalue weighted by molar-refractivity contribution is -0.146. The number of benzene rings is 1. The Balaban J connectivity index is 3.35. The van der Waals surface area contributed by atoms with Gasteiger partial charge in [-0.3, -0.25) is 4.79 Å². The predicted octanol–water partition coefficient (Wildman–Crippen LogP) is 1.27. The molecule has 17 heavy (non-hydrogen) atoms. The number of carbonyl (C=O) groups is 2. The van der Waals surface area contributed by atoms with E-state index in [1.54, 1.807) is 6.92 Å². The van der Waals surface area contributed by atoms with E-state index < -0.39 is 12.1 Å². The van der Waals surface area contributed by atoms with Gasteiger partial charge in [0.25, 0.3) is 0 Å². The van der Waals surface area contributed by atoms with Gasteiger partial charge in [0.15, 0.2) is 11.9 Å². The van der Waals surface area contributed by atoms with Gasteiger partial charge in [-0.15, -0.1) is 0 Å². The average molecular weight is 233 g/mol. The van der Waals surface area contributed by atoms with Crippen molar-refractivity contribution in [2.75, 3.05) is 0 Å². The van der Waals surface area contributed by atoms with Crippen LogP contribution < -0.4 is 0 Å². The van der Waals surface area contributed by atoms with E-state index in [0.717, 1.165) is 0 Å². The van der Waals surface area contributed by atoms with E-state index in [9.17, 15) is 14.7 Å². The van der Waals surface area contributed by atoms with Crippen LogP contribution in [0.4, 0.5) is 0 Å². The molecule has 1 aromatic rings. The van der Waals surface area contributed by atoms with Crippen LogP contribution in [-0.2, 0) is 4.79 Å². The summed E-state index contributed by atoms with van der Waals surface area (Å²) in [5, 5.41) is 26.9. The molecule has 88 valence electrons. The molecule has 0 spiro atoms. The Morgan fingerprint density at radius 2 is 2.12 bits per heavy atom. The summed E-state index contributed by atoms with van der Waals surface area (Å²) in [6.45, 7) is 1.62. The molecule has 0 fully saturated rings. The standard InChI is InChI=1S/C12H11NO4/c1-2-10(14)9-5-7(6-13)3-4-8(9)11(15)12(16)17/h3-5,11,15H,2H2,1H3,(H,16,17). The highest BCUT2D eigenvalue weighted by molar-refractivity contribution is 5.98. The number of ketones is 1. The van der Waals surface area contributed by atoms with Crippen molar-refractivity contribution in [3.05, 3.63) is 34.9 Å².